The molecule has 0 bridgehead atoms. The summed E-state index contributed by atoms with van der Waals surface area (Å²) in [5.74, 6) is -2.08. The van der Waals surface area contributed by atoms with Gasteiger partial charge in [-0.2, -0.15) is 21.0 Å². The summed E-state index contributed by atoms with van der Waals surface area (Å²) in [6, 6.07) is 46.6. The van der Waals surface area contributed by atoms with Gasteiger partial charge >= 0.3 is 8.25 Å². The van der Waals surface area contributed by atoms with Gasteiger partial charge in [0, 0.05) is 49.4 Å². The fraction of sp³-hybridized carbons (Fsp3) is 0.263. The second-order valence-electron chi connectivity index (χ2n) is 10.9. The first-order chi connectivity index (χ1) is 22.6. The summed E-state index contributed by atoms with van der Waals surface area (Å²) in [5.41, 5.74) is 3.27. The van der Waals surface area contributed by atoms with E-state index < -0.39 is 44.1 Å². The lowest BCUT2D eigenvalue weighted by molar-refractivity contribution is 0.0788. The third-order valence-corrected chi connectivity index (χ3v) is 9.14. The monoisotopic (exact) mass is 626 g/mol. The lowest BCUT2D eigenvalue weighted by Crippen LogP contribution is -2.30. The minimum absolute atomic E-state index is 0.0597. The summed E-state index contributed by atoms with van der Waals surface area (Å²) >= 11 is 0. The van der Waals surface area contributed by atoms with Gasteiger partial charge in [-0.15, -0.1) is 0 Å². The molecular weight excluding hydrogens is 591 g/mol. The summed E-state index contributed by atoms with van der Waals surface area (Å²) in [6.45, 7) is 0. The topological polar surface area (TPSA) is 131 Å². The van der Waals surface area contributed by atoms with Crippen LogP contribution in [0.15, 0.2) is 121 Å². The van der Waals surface area contributed by atoms with Gasteiger partial charge in [0.2, 0.25) is 0 Å². The Bertz CT molecular complexity index is 1450. The van der Waals surface area contributed by atoms with E-state index >= 15 is 0 Å². The third-order valence-electron chi connectivity index (χ3n) is 8.21. The van der Waals surface area contributed by atoms with Gasteiger partial charge in [0.05, 0.1) is 36.5 Å². The Balaban J connectivity index is 1.79. The molecule has 0 amide bonds. The highest BCUT2D eigenvalue weighted by Gasteiger charge is 2.38. The molecule has 0 fully saturated rings. The average Bonchev–Trinajstić information content (AvgIpc) is 3.11. The highest BCUT2D eigenvalue weighted by Crippen LogP contribution is 2.47. The van der Waals surface area contributed by atoms with Gasteiger partial charge in [-0.25, -0.2) is 0 Å². The van der Waals surface area contributed by atoms with Crippen LogP contribution in [0.3, 0.4) is 0 Å². The molecule has 4 atom stereocenters. The number of nitrogens with zero attached hydrogens (tertiary/aromatic N) is 4. The molecule has 46 heavy (non-hydrogen) atoms. The standard InChI is InChI=1S/C38H35N4O3P/c39-25-21-33(29-13-5-1-6-14-29)37(34(22-26-40)30-15-7-2-8-16-30)44-46(43)45-38(35(23-27-41)31-17-9-3-10-18-31)36(24-28-42)32-19-11-4-12-20-32/h1-20,33-38,46H,21-24H2. The second kappa shape index (κ2) is 18.1. The van der Waals surface area contributed by atoms with Crippen LogP contribution in [0.5, 0.6) is 0 Å². The van der Waals surface area contributed by atoms with Gasteiger partial charge in [0.15, 0.2) is 0 Å². The van der Waals surface area contributed by atoms with Crippen molar-refractivity contribution in [3.8, 4) is 24.3 Å². The predicted molar refractivity (Wildman–Crippen MR) is 176 cm³/mol. The van der Waals surface area contributed by atoms with Crippen molar-refractivity contribution in [3.05, 3.63) is 144 Å². The molecule has 0 aliphatic heterocycles. The predicted octanol–water partition coefficient (Wildman–Crippen LogP) is 8.94. The number of nitriles is 4. The Labute approximate surface area is 271 Å². The smallest absolute Gasteiger partial charge is 0.306 e. The van der Waals surface area contributed by atoms with E-state index in [2.05, 4.69) is 24.3 Å². The molecule has 0 saturated heterocycles. The first-order valence-electron chi connectivity index (χ1n) is 15.2. The molecule has 0 N–H and O–H groups in total. The summed E-state index contributed by atoms with van der Waals surface area (Å²) in [7, 11) is -3.35. The van der Waals surface area contributed by atoms with Crippen LogP contribution in [0, 0.1) is 45.3 Å². The summed E-state index contributed by atoms with van der Waals surface area (Å²) in [5, 5.41) is 39.6. The first-order valence-corrected chi connectivity index (χ1v) is 16.4. The highest BCUT2D eigenvalue weighted by molar-refractivity contribution is 7.33. The van der Waals surface area contributed by atoms with Crippen LogP contribution in [0.2, 0.25) is 0 Å². The Morgan fingerprint density at radius 3 is 0.848 bits per heavy atom. The maximum atomic E-state index is 14.2. The van der Waals surface area contributed by atoms with Crippen LogP contribution < -0.4 is 0 Å². The molecular formula is C38H35N4O3P. The highest BCUT2D eigenvalue weighted by atomic mass is 31.1. The maximum Gasteiger partial charge on any atom is 0.319 e. The molecule has 4 unspecified atom stereocenters. The fourth-order valence-corrected chi connectivity index (χ4v) is 7.19. The quantitative estimate of drug-likeness (QED) is 0.113. The molecule has 0 spiro atoms. The molecule has 0 heterocycles. The molecule has 0 saturated carbocycles. The molecule has 0 radical (unpaired) electrons. The van der Waals surface area contributed by atoms with E-state index in [0.717, 1.165) is 22.3 Å². The van der Waals surface area contributed by atoms with Crippen molar-refractivity contribution in [3.63, 3.8) is 0 Å². The average molecular weight is 627 g/mol. The van der Waals surface area contributed by atoms with Crippen molar-refractivity contribution in [2.45, 2.75) is 61.6 Å². The third kappa shape index (κ3) is 9.02. The summed E-state index contributed by atoms with van der Waals surface area (Å²) in [6.07, 6.45) is -1.47. The Kier molecular flexibility index (Phi) is 13.3. The van der Waals surface area contributed by atoms with Crippen LogP contribution in [0.1, 0.15) is 71.6 Å². The Morgan fingerprint density at radius 1 is 0.435 bits per heavy atom. The number of benzene rings is 4. The van der Waals surface area contributed by atoms with E-state index in [4.69, 9.17) is 9.05 Å². The molecule has 4 rings (SSSR count). The molecule has 4 aromatic rings. The van der Waals surface area contributed by atoms with Gasteiger partial charge in [0.1, 0.15) is 0 Å². The zero-order valence-corrected chi connectivity index (χ0v) is 26.4. The molecule has 0 aromatic heterocycles. The lowest BCUT2D eigenvalue weighted by Gasteiger charge is -2.35. The SMILES string of the molecule is N#CCC(c1ccccc1)C(O[PH](=O)OC(C(CC#N)c1ccccc1)C(CC#N)c1ccccc1)C(CC#N)c1ccccc1. The molecule has 8 heteroatoms. The van der Waals surface area contributed by atoms with Crippen LogP contribution in [0.25, 0.3) is 0 Å². The maximum absolute atomic E-state index is 14.2. The minimum Gasteiger partial charge on any atom is -0.306 e. The zero-order chi connectivity index (χ0) is 32.6. The van der Waals surface area contributed by atoms with Gasteiger partial charge in [0.25, 0.3) is 0 Å². The number of hydrogen-bond acceptors (Lipinski definition) is 7. The van der Waals surface area contributed by atoms with Crippen LogP contribution in [0.4, 0.5) is 0 Å². The van der Waals surface area contributed by atoms with Crippen LogP contribution in [-0.4, -0.2) is 12.2 Å². The minimum atomic E-state index is -3.35. The van der Waals surface area contributed by atoms with Crippen molar-refractivity contribution in [2.24, 2.45) is 0 Å². The van der Waals surface area contributed by atoms with E-state index in [1.165, 1.54) is 0 Å². The van der Waals surface area contributed by atoms with Crippen molar-refractivity contribution >= 4 is 8.25 Å². The van der Waals surface area contributed by atoms with Gasteiger partial charge in [-0.1, -0.05) is 121 Å². The van der Waals surface area contributed by atoms with E-state index in [1.807, 2.05) is 121 Å². The number of hydrogen-bond donors (Lipinski definition) is 0. The lowest BCUT2D eigenvalue weighted by atomic mass is 9.79. The van der Waals surface area contributed by atoms with E-state index in [9.17, 15) is 25.6 Å². The van der Waals surface area contributed by atoms with E-state index in [0.29, 0.717) is 0 Å². The van der Waals surface area contributed by atoms with Crippen molar-refractivity contribution in [1.82, 2.24) is 0 Å². The van der Waals surface area contributed by atoms with Crippen LogP contribution >= 0.6 is 8.25 Å². The van der Waals surface area contributed by atoms with Gasteiger partial charge < -0.3 is 9.05 Å². The normalized spacial score (nSPS) is 15.3. The van der Waals surface area contributed by atoms with Gasteiger partial charge in [-0.05, 0) is 22.3 Å². The second-order valence-corrected chi connectivity index (χ2v) is 11.9. The Morgan fingerprint density at radius 2 is 0.652 bits per heavy atom. The van der Waals surface area contributed by atoms with Crippen molar-refractivity contribution in [2.75, 3.05) is 0 Å². The van der Waals surface area contributed by atoms with E-state index in [-0.39, 0.29) is 25.7 Å². The molecule has 7 nitrogen and oxygen atoms in total. The Hall–Kier alpha value is -5.01. The largest absolute Gasteiger partial charge is 0.319 e. The first kappa shape index (κ1) is 33.9. The number of rotatable bonds is 16. The summed E-state index contributed by atoms with van der Waals surface area (Å²) < 4.78 is 27.0. The van der Waals surface area contributed by atoms with E-state index in [1.54, 1.807) is 0 Å². The fourth-order valence-electron chi connectivity index (χ4n) is 6.03. The zero-order valence-electron chi connectivity index (χ0n) is 25.4. The molecule has 230 valence electrons. The van der Waals surface area contributed by atoms with Gasteiger partial charge in [-0.3, -0.25) is 4.57 Å². The van der Waals surface area contributed by atoms with Crippen molar-refractivity contribution < 1.29 is 13.6 Å². The molecule has 0 aliphatic carbocycles. The molecule has 0 aliphatic rings. The van der Waals surface area contributed by atoms with Crippen LogP contribution in [-0.2, 0) is 13.6 Å². The molecule has 4 aromatic carbocycles. The summed E-state index contributed by atoms with van der Waals surface area (Å²) in [4.78, 5) is 0. The van der Waals surface area contributed by atoms with Crippen molar-refractivity contribution in [1.29, 1.82) is 21.0 Å².